The minimum atomic E-state index is -0.892. The van der Waals surface area contributed by atoms with Gasteiger partial charge >= 0.3 is 0 Å². The number of aliphatic hydroxyl groups excluding tert-OH is 2. The molecule has 3 atom stereocenters. The van der Waals surface area contributed by atoms with Gasteiger partial charge in [-0.25, -0.2) is 15.0 Å². The molecule has 10 heteroatoms. The average Bonchev–Trinajstić information content (AvgIpc) is 3.55. The number of benzene rings is 1. The van der Waals surface area contributed by atoms with E-state index in [-0.39, 0.29) is 17.6 Å². The predicted octanol–water partition coefficient (Wildman–Crippen LogP) is 1.92. The van der Waals surface area contributed by atoms with Gasteiger partial charge in [-0.15, -0.1) is 0 Å². The lowest BCUT2D eigenvalue weighted by molar-refractivity contribution is -0.0824. The fourth-order valence-electron chi connectivity index (χ4n) is 6.28. The Morgan fingerprint density at radius 1 is 1.11 bits per heavy atom. The monoisotopic (exact) mass is 486 g/mol. The highest BCUT2D eigenvalue weighted by atomic mass is 16.3. The molecule has 0 amide bonds. The summed E-state index contributed by atoms with van der Waals surface area (Å²) in [7, 11) is 4.13. The van der Waals surface area contributed by atoms with Gasteiger partial charge in [0.1, 0.15) is 5.84 Å². The van der Waals surface area contributed by atoms with Crippen LogP contribution in [-0.4, -0.2) is 86.7 Å². The lowest BCUT2D eigenvalue weighted by Gasteiger charge is -2.38. The number of hydrogen-bond donors (Lipinski definition) is 3. The lowest BCUT2D eigenvalue weighted by Crippen LogP contribution is -2.47. The van der Waals surface area contributed by atoms with Crippen molar-refractivity contribution < 1.29 is 10.2 Å². The first-order valence-corrected chi connectivity index (χ1v) is 12.4. The molecule has 1 aromatic heterocycles. The van der Waals surface area contributed by atoms with Gasteiger partial charge in [-0.05, 0) is 31.7 Å². The predicted molar refractivity (Wildman–Crippen MR) is 137 cm³/mol. The maximum absolute atomic E-state index is 11.2. The second-order valence-corrected chi connectivity index (χ2v) is 10.4. The number of hydrazine groups is 1. The standard InChI is InChI=1S/C26H30N8O2/c1-31-9-11-33(12-10-31)20-6-5-18(13-17(20)15-35)28-24-27-14-19-21(30-24)29-23-25-7-3-4-8-26(25,16-25)32(2)34(23)22(19)36/h3-8,13-14,22,35-36H,9-12,15-16H2,1-2H3,(H,27,28,30). The first-order chi connectivity index (χ1) is 17.5. The SMILES string of the molecule is CN1CCN(c2ccc(Nc3ncc4c(n3)N=C3N(C4O)N(C)C45C=CC=CC34C5)cc2CO)CC1. The van der Waals surface area contributed by atoms with E-state index in [0.29, 0.717) is 17.3 Å². The fourth-order valence-corrected chi connectivity index (χ4v) is 6.28. The quantitative estimate of drug-likeness (QED) is 0.598. The second-order valence-electron chi connectivity index (χ2n) is 10.4. The summed E-state index contributed by atoms with van der Waals surface area (Å²) >= 11 is 0. The summed E-state index contributed by atoms with van der Waals surface area (Å²) < 4.78 is 0. The number of piperazine rings is 1. The number of aliphatic imine (C=N–C) groups is 1. The number of allylic oxidation sites excluding steroid dienone is 2. The van der Waals surface area contributed by atoms with Crippen molar-refractivity contribution in [1.82, 2.24) is 24.9 Å². The number of rotatable bonds is 4. The molecule has 2 aromatic rings. The van der Waals surface area contributed by atoms with Gasteiger partial charge in [0.25, 0.3) is 0 Å². The summed E-state index contributed by atoms with van der Waals surface area (Å²) in [6.07, 6.45) is 10.2. The molecule has 10 nitrogen and oxygen atoms in total. The van der Waals surface area contributed by atoms with E-state index in [9.17, 15) is 10.2 Å². The number of likely N-dealkylation sites (N-methyl/N-ethyl adjacent to an activating group) is 2. The van der Waals surface area contributed by atoms with Crippen LogP contribution in [0.1, 0.15) is 23.8 Å². The third-order valence-electron chi connectivity index (χ3n) is 8.44. The first kappa shape index (κ1) is 21.9. The number of nitrogens with zero attached hydrogens (tertiary/aromatic N) is 7. The molecular weight excluding hydrogens is 456 g/mol. The molecule has 4 heterocycles. The topological polar surface area (TPSA) is 104 Å². The number of hydrogen-bond acceptors (Lipinski definition) is 10. The van der Waals surface area contributed by atoms with E-state index in [4.69, 9.17) is 4.99 Å². The van der Waals surface area contributed by atoms with Gasteiger partial charge in [-0.1, -0.05) is 24.3 Å². The highest BCUT2D eigenvalue weighted by molar-refractivity contribution is 6.01. The van der Waals surface area contributed by atoms with E-state index >= 15 is 0 Å². The first-order valence-electron chi connectivity index (χ1n) is 12.4. The van der Waals surface area contributed by atoms with E-state index in [0.717, 1.165) is 55.4 Å². The van der Waals surface area contributed by atoms with Gasteiger partial charge < -0.3 is 25.3 Å². The Balaban J connectivity index is 1.18. The Bertz CT molecular complexity index is 1330. The maximum atomic E-state index is 11.2. The molecule has 1 aromatic carbocycles. The zero-order valence-electron chi connectivity index (χ0n) is 20.5. The van der Waals surface area contributed by atoms with E-state index in [2.05, 4.69) is 61.4 Å². The Morgan fingerprint density at radius 3 is 2.72 bits per heavy atom. The molecule has 3 fully saturated rings. The van der Waals surface area contributed by atoms with Gasteiger partial charge in [0.2, 0.25) is 5.95 Å². The molecule has 3 aliphatic heterocycles. The third-order valence-corrected chi connectivity index (χ3v) is 8.44. The van der Waals surface area contributed by atoms with Crippen molar-refractivity contribution in [3.63, 3.8) is 0 Å². The van der Waals surface area contributed by atoms with Gasteiger partial charge in [-0.2, -0.15) is 4.98 Å². The summed E-state index contributed by atoms with van der Waals surface area (Å²) in [5.41, 5.74) is 2.92. The molecule has 0 radical (unpaired) electrons. The van der Waals surface area contributed by atoms with Crippen molar-refractivity contribution in [2.75, 3.05) is 50.5 Å². The van der Waals surface area contributed by atoms with Crippen molar-refractivity contribution in [3.05, 3.63) is 59.8 Å². The van der Waals surface area contributed by atoms with Crippen LogP contribution in [0.15, 0.2) is 53.7 Å². The maximum Gasteiger partial charge on any atom is 0.229 e. The molecule has 2 aliphatic carbocycles. The minimum absolute atomic E-state index is 0.0444. The molecule has 0 spiro atoms. The van der Waals surface area contributed by atoms with Crippen LogP contribution in [-0.2, 0) is 6.61 Å². The van der Waals surface area contributed by atoms with Crippen LogP contribution in [0.2, 0.25) is 0 Å². The Morgan fingerprint density at radius 2 is 1.92 bits per heavy atom. The highest BCUT2D eigenvalue weighted by Crippen LogP contribution is 2.70. The number of amidine groups is 1. The number of nitrogens with one attached hydrogen (secondary N) is 1. The van der Waals surface area contributed by atoms with Crippen molar-refractivity contribution in [2.45, 2.75) is 24.8 Å². The highest BCUT2D eigenvalue weighted by Gasteiger charge is 2.78. The average molecular weight is 487 g/mol. The Kier molecular flexibility index (Phi) is 4.63. The summed E-state index contributed by atoms with van der Waals surface area (Å²) in [6, 6.07) is 5.98. The van der Waals surface area contributed by atoms with Crippen LogP contribution in [0.25, 0.3) is 0 Å². The number of aromatic nitrogens is 2. The molecule has 7 rings (SSSR count). The van der Waals surface area contributed by atoms with Crippen LogP contribution in [0, 0.1) is 5.41 Å². The van der Waals surface area contributed by atoms with E-state index in [1.165, 1.54) is 0 Å². The minimum Gasteiger partial charge on any atom is -0.392 e. The number of fused-ring (bicyclic) bond motifs is 2. The zero-order chi connectivity index (χ0) is 24.7. The molecule has 3 unspecified atom stereocenters. The van der Waals surface area contributed by atoms with Crippen LogP contribution in [0.5, 0.6) is 0 Å². The van der Waals surface area contributed by atoms with Crippen molar-refractivity contribution in [3.8, 4) is 0 Å². The molecule has 1 saturated carbocycles. The van der Waals surface area contributed by atoms with Crippen molar-refractivity contribution in [2.24, 2.45) is 10.4 Å². The summed E-state index contributed by atoms with van der Waals surface area (Å²) in [5.74, 6) is 1.71. The Labute approximate surface area is 209 Å². The van der Waals surface area contributed by atoms with Gasteiger partial charge in [0.05, 0.1) is 23.1 Å². The van der Waals surface area contributed by atoms with Crippen LogP contribution >= 0.6 is 0 Å². The molecule has 2 saturated heterocycles. The number of anilines is 3. The van der Waals surface area contributed by atoms with Gasteiger partial charge in [0.15, 0.2) is 12.0 Å². The van der Waals surface area contributed by atoms with Crippen LogP contribution in [0.4, 0.5) is 23.1 Å². The molecule has 186 valence electrons. The molecule has 3 N–H and O–H groups in total. The van der Waals surface area contributed by atoms with E-state index < -0.39 is 6.23 Å². The fraction of sp³-hybridized carbons (Fsp3) is 0.423. The zero-order valence-corrected chi connectivity index (χ0v) is 20.5. The van der Waals surface area contributed by atoms with E-state index in [1.807, 2.05) is 30.3 Å². The lowest BCUT2D eigenvalue weighted by atomic mass is 9.94. The molecular formula is C26H30N8O2. The normalized spacial score (nSPS) is 30.4. The smallest absolute Gasteiger partial charge is 0.229 e. The molecule has 5 aliphatic rings. The van der Waals surface area contributed by atoms with Crippen molar-refractivity contribution in [1.29, 1.82) is 0 Å². The second kappa shape index (κ2) is 7.59. The summed E-state index contributed by atoms with van der Waals surface area (Å²) in [5, 5.41) is 28.5. The van der Waals surface area contributed by atoms with Crippen LogP contribution < -0.4 is 10.2 Å². The largest absolute Gasteiger partial charge is 0.392 e. The Hall–Kier alpha value is -3.31. The molecule has 36 heavy (non-hydrogen) atoms. The summed E-state index contributed by atoms with van der Waals surface area (Å²) in [4.78, 5) is 18.7. The number of aliphatic hydroxyl groups is 2. The summed E-state index contributed by atoms with van der Waals surface area (Å²) in [6.45, 7) is 3.84. The van der Waals surface area contributed by atoms with Gasteiger partial charge in [0, 0.05) is 56.4 Å². The van der Waals surface area contributed by atoms with Crippen molar-refractivity contribution >= 4 is 29.0 Å². The van der Waals surface area contributed by atoms with E-state index in [1.54, 1.807) is 6.20 Å². The van der Waals surface area contributed by atoms with Crippen LogP contribution in [0.3, 0.4) is 0 Å². The van der Waals surface area contributed by atoms with Gasteiger partial charge in [-0.3, -0.25) is 5.01 Å². The molecule has 0 bridgehead atoms. The third kappa shape index (κ3) is 2.89.